The Morgan fingerprint density at radius 3 is 2.39 bits per heavy atom. The van der Waals surface area contributed by atoms with E-state index >= 15 is 0 Å². The lowest BCUT2D eigenvalue weighted by molar-refractivity contribution is -0.126. The molecule has 0 aromatic heterocycles. The minimum Gasteiger partial charge on any atom is -0.330 e. The first-order chi connectivity index (χ1) is 8.42. The standard InChI is InChI=1S/C14H19N3O/c1-14(2,8-9-15)13(18)17(3)12-6-4-11(10-16)5-7-12/h4-7H,8-9,15H2,1-3H3. The van der Waals surface area contributed by atoms with Crippen molar-refractivity contribution in [3.05, 3.63) is 29.8 Å². The highest BCUT2D eigenvalue weighted by Crippen LogP contribution is 2.25. The summed E-state index contributed by atoms with van der Waals surface area (Å²) < 4.78 is 0. The van der Waals surface area contributed by atoms with Crippen molar-refractivity contribution in [2.45, 2.75) is 20.3 Å². The van der Waals surface area contributed by atoms with Crippen molar-refractivity contribution >= 4 is 11.6 Å². The van der Waals surface area contributed by atoms with Gasteiger partial charge in [0.05, 0.1) is 11.6 Å². The number of anilines is 1. The first-order valence-corrected chi connectivity index (χ1v) is 5.91. The largest absolute Gasteiger partial charge is 0.330 e. The van der Waals surface area contributed by atoms with Gasteiger partial charge in [-0.1, -0.05) is 13.8 Å². The maximum Gasteiger partial charge on any atom is 0.232 e. The molecule has 0 aliphatic rings. The zero-order chi connectivity index (χ0) is 13.8. The molecule has 96 valence electrons. The number of carbonyl (C=O) groups excluding carboxylic acids is 1. The summed E-state index contributed by atoms with van der Waals surface area (Å²) in [4.78, 5) is 13.9. The second-order valence-corrected chi connectivity index (χ2v) is 4.95. The minimum absolute atomic E-state index is 0.0256. The maximum atomic E-state index is 12.3. The first-order valence-electron chi connectivity index (χ1n) is 5.91. The van der Waals surface area contributed by atoms with Crippen molar-refractivity contribution in [3.8, 4) is 6.07 Å². The zero-order valence-electron chi connectivity index (χ0n) is 11.1. The van der Waals surface area contributed by atoms with E-state index in [9.17, 15) is 4.79 Å². The molecule has 1 aromatic rings. The summed E-state index contributed by atoms with van der Waals surface area (Å²) in [5.41, 5.74) is 6.41. The lowest BCUT2D eigenvalue weighted by atomic mass is 9.87. The summed E-state index contributed by atoms with van der Waals surface area (Å²) in [6, 6.07) is 9.01. The van der Waals surface area contributed by atoms with Crippen LogP contribution in [-0.2, 0) is 4.79 Å². The molecule has 0 aliphatic carbocycles. The van der Waals surface area contributed by atoms with Crippen molar-refractivity contribution in [2.75, 3.05) is 18.5 Å². The Bertz CT molecular complexity index is 457. The van der Waals surface area contributed by atoms with Crippen LogP contribution in [0.5, 0.6) is 0 Å². The van der Waals surface area contributed by atoms with E-state index in [0.717, 1.165) is 5.69 Å². The Hall–Kier alpha value is -1.86. The number of benzene rings is 1. The molecule has 18 heavy (non-hydrogen) atoms. The topological polar surface area (TPSA) is 70.1 Å². The second kappa shape index (κ2) is 5.65. The van der Waals surface area contributed by atoms with E-state index in [1.165, 1.54) is 0 Å². The number of nitriles is 1. The number of nitrogens with two attached hydrogens (primary N) is 1. The third-order valence-corrected chi connectivity index (χ3v) is 3.04. The van der Waals surface area contributed by atoms with Crippen LogP contribution in [0.3, 0.4) is 0 Å². The predicted molar refractivity (Wildman–Crippen MR) is 72.0 cm³/mol. The summed E-state index contributed by atoms with van der Waals surface area (Å²) in [5.74, 6) is 0.0256. The molecule has 4 heteroatoms. The molecule has 0 atom stereocenters. The Balaban J connectivity index is 2.89. The van der Waals surface area contributed by atoms with Gasteiger partial charge in [-0.05, 0) is 37.2 Å². The molecule has 1 rings (SSSR count). The van der Waals surface area contributed by atoms with Crippen LogP contribution in [0.15, 0.2) is 24.3 Å². The van der Waals surface area contributed by atoms with Gasteiger partial charge < -0.3 is 10.6 Å². The molecule has 1 aromatic carbocycles. The Labute approximate surface area is 108 Å². The average Bonchev–Trinajstić information content (AvgIpc) is 2.37. The van der Waals surface area contributed by atoms with Crippen LogP contribution >= 0.6 is 0 Å². The second-order valence-electron chi connectivity index (χ2n) is 4.95. The van der Waals surface area contributed by atoms with Gasteiger partial charge in [0.1, 0.15) is 0 Å². The number of nitrogens with zero attached hydrogens (tertiary/aromatic N) is 2. The fourth-order valence-electron chi connectivity index (χ4n) is 1.80. The molecule has 0 spiro atoms. The van der Waals surface area contributed by atoms with E-state index in [-0.39, 0.29) is 5.91 Å². The third-order valence-electron chi connectivity index (χ3n) is 3.04. The number of carbonyl (C=O) groups is 1. The van der Waals surface area contributed by atoms with Gasteiger partial charge in [0.2, 0.25) is 5.91 Å². The highest BCUT2D eigenvalue weighted by molar-refractivity contribution is 5.96. The summed E-state index contributed by atoms with van der Waals surface area (Å²) in [7, 11) is 1.74. The molecule has 0 aliphatic heterocycles. The number of hydrogen-bond acceptors (Lipinski definition) is 3. The van der Waals surface area contributed by atoms with E-state index in [1.807, 2.05) is 13.8 Å². The van der Waals surface area contributed by atoms with Crippen LogP contribution in [0, 0.1) is 16.7 Å². The lowest BCUT2D eigenvalue weighted by Crippen LogP contribution is -2.39. The molecule has 0 heterocycles. The number of amides is 1. The van der Waals surface area contributed by atoms with Crippen molar-refractivity contribution in [1.82, 2.24) is 0 Å². The van der Waals surface area contributed by atoms with Crippen molar-refractivity contribution < 1.29 is 4.79 Å². The van der Waals surface area contributed by atoms with Crippen LogP contribution in [0.2, 0.25) is 0 Å². The van der Waals surface area contributed by atoms with E-state index < -0.39 is 5.41 Å². The molecule has 2 N–H and O–H groups in total. The molecule has 0 bridgehead atoms. The van der Waals surface area contributed by atoms with Gasteiger partial charge in [0, 0.05) is 18.2 Å². The Morgan fingerprint density at radius 2 is 1.94 bits per heavy atom. The summed E-state index contributed by atoms with van der Waals surface area (Å²) in [6.45, 7) is 4.27. The van der Waals surface area contributed by atoms with Gasteiger partial charge in [0.15, 0.2) is 0 Å². The average molecular weight is 245 g/mol. The van der Waals surface area contributed by atoms with Crippen LogP contribution < -0.4 is 10.6 Å². The van der Waals surface area contributed by atoms with Crippen LogP contribution in [-0.4, -0.2) is 19.5 Å². The van der Waals surface area contributed by atoms with Crippen LogP contribution in [0.1, 0.15) is 25.8 Å². The van der Waals surface area contributed by atoms with Gasteiger partial charge in [-0.2, -0.15) is 5.26 Å². The highest BCUT2D eigenvalue weighted by atomic mass is 16.2. The fourth-order valence-corrected chi connectivity index (χ4v) is 1.80. The predicted octanol–water partition coefficient (Wildman–Crippen LogP) is 1.90. The van der Waals surface area contributed by atoms with E-state index in [1.54, 1.807) is 36.2 Å². The van der Waals surface area contributed by atoms with Gasteiger partial charge in [-0.3, -0.25) is 4.79 Å². The Kier molecular flexibility index (Phi) is 4.46. The fraction of sp³-hybridized carbons (Fsp3) is 0.429. The minimum atomic E-state index is -0.475. The molecule has 0 saturated carbocycles. The number of rotatable bonds is 4. The maximum absolute atomic E-state index is 12.3. The van der Waals surface area contributed by atoms with Crippen molar-refractivity contribution in [2.24, 2.45) is 11.1 Å². The van der Waals surface area contributed by atoms with Crippen molar-refractivity contribution in [3.63, 3.8) is 0 Å². The molecule has 1 amide bonds. The summed E-state index contributed by atoms with van der Waals surface area (Å²) in [6.07, 6.45) is 0.645. The van der Waals surface area contributed by atoms with Crippen LogP contribution in [0.4, 0.5) is 5.69 Å². The lowest BCUT2D eigenvalue weighted by Gasteiger charge is -2.29. The Morgan fingerprint density at radius 1 is 1.39 bits per heavy atom. The normalized spacial score (nSPS) is 10.8. The zero-order valence-corrected chi connectivity index (χ0v) is 11.1. The smallest absolute Gasteiger partial charge is 0.232 e. The quantitative estimate of drug-likeness (QED) is 0.880. The number of hydrogen-bond donors (Lipinski definition) is 1. The molecular formula is C14H19N3O. The molecule has 0 radical (unpaired) electrons. The van der Waals surface area contributed by atoms with Gasteiger partial charge in [0.25, 0.3) is 0 Å². The van der Waals surface area contributed by atoms with E-state index in [2.05, 4.69) is 6.07 Å². The van der Waals surface area contributed by atoms with E-state index in [4.69, 9.17) is 11.0 Å². The SMILES string of the molecule is CN(C(=O)C(C)(C)CCN)c1ccc(C#N)cc1. The molecule has 4 nitrogen and oxygen atoms in total. The van der Waals surface area contributed by atoms with Gasteiger partial charge in [-0.15, -0.1) is 0 Å². The van der Waals surface area contributed by atoms with Crippen molar-refractivity contribution in [1.29, 1.82) is 5.26 Å². The van der Waals surface area contributed by atoms with Crippen LogP contribution in [0.25, 0.3) is 0 Å². The van der Waals surface area contributed by atoms with E-state index in [0.29, 0.717) is 18.5 Å². The molecular weight excluding hydrogens is 226 g/mol. The first kappa shape index (κ1) is 14.2. The molecule has 0 saturated heterocycles. The third kappa shape index (κ3) is 3.08. The molecule has 0 unspecified atom stereocenters. The van der Waals surface area contributed by atoms with Gasteiger partial charge >= 0.3 is 0 Å². The highest BCUT2D eigenvalue weighted by Gasteiger charge is 2.30. The summed E-state index contributed by atoms with van der Waals surface area (Å²) in [5, 5.41) is 8.73. The summed E-state index contributed by atoms with van der Waals surface area (Å²) >= 11 is 0. The monoisotopic (exact) mass is 245 g/mol. The molecule has 0 fully saturated rings. The van der Waals surface area contributed by atoms with Gasteiger partial charge in [-0.25, -0.2) is 0 Å².